The Morgan fingerprint density at radius 1 is 0.917 bits per heavy atom. The van der Waals surface area contributed by atoms with Crippen molar-refractivity contribution in [3.63, 3.8) is 0 Å². The second kappa shape index (κ2) is 5.78. The van der Waals surface area contributed by atoms with Crippen LogP contribution in [0.2, 0.25) is 0 Å². The molecule has 1 atom stereocenters. The number of halogens is 5. The molecule has 1 aromatic heterocycles. The van der Waals surface area contributed by atoms with Crippen LogP contribution in [0.25, 0.3) is 0 Å². The fourth-order valence-electron chi connectivity index (χ4n) is 2.15. The minimum absolute atomic E-state index is 0.522. The third-order valence-electron chi connectivity index (χ3n) is 3.40. The van der Waals surface area contributed by atoms with Crippen molar-refractivity contribution in [1.29, 1.82) is 0 Å². The van der Waals surface area contributed by atoms with Gasteiger partial charge in [-0.2, -0.15) is 22.0 Å². The second-order valence-corrected chi connectivity index (χ2v) is 4.82. The molecular formula is C14H9F5N2O3. The first-order valence-corrected chi connectivity index (χ1v) is 6.34. The van der Waals surface area contributed by atoms with Crippen molar-refractivity contribution in [2.24, 2.45) is 0 Å². The molecule has 10 heteroatoms. The monoisotopic (exact) mass is 348 g/mol. The molecule has 2 rings (SSSR count). The number of hydrogen-bond donors (Lipinski definition) is 1. The third kappa shape index (κ3) is 2.68. The van der Waals surface area contributed by atoms with E-state index in [0.29, 0.717) is 12.1 Å². The van der Waals surface area contributed by atoms with Crippen LogP contribution in [0.5, 0.6) is 0 Å². The first-order valence-electron chi connectivity index (χ1n) is 6.34. The van der Waals surface area contributed by atoms with Crippen LogP contribution < -0.4 is 0 Å². The standard InChI is InChI=1S/C14H9F5N2O3/c15-13(16,14(17,18)19)12(22,10-5-7-20-8-6-10)9-1-3-11(4-2-9)21(23)24/h1-8,22H. The van der Waals surface area contributed by atoms with Gasteiger partial charge in [-0.15, -0.1) is 0 Å². The fourth-order valence-corrected chi connectivity index (χ4v) is 2.15. The number of non-ortho nitro benzene ring substituents is 1. The molecule has 0 bridgehead atoms. The zero-order chi connectivity index (χ0) is 18.2. The molecule has 128 valence electrons. The van der Waals surface area contributed by atoms with Crippen LogP contribution in [0, 0.1) is 10.1 Å². The van der Waals surface area contributed by atoms with E-state index in [1.54, 1.807) is 0 Å². The lowest BCUT2D eigenvalue weighted by Crippen LogP contribution is -2.55. The summed E-state index contributed by atoms with van der Waals surface area (Å²) in [5.41, 5.74) is -5.90. The van der Waals surface area contributed by atoms with Crippen molar-refractivity contribution < 1.29 is 32.0 Å². The average Bonchev–Trinajstić information content (AvgIpc) is 2.53. The molecule has 0 saturated heterocycles. The van der Waals surface area contributed by atoms with Gasteiger partial charge in [-0.3, -0.25) is 15.1 Å². The van der Waals surface area contributed by atoms with Gasteiger partial charge in [-0.25, -0.2) is 0 Å². The summed E-state index contributed by atoms with van der Waals surface area (Å²) in [6.07, 6.45) is -4.18. The van der Waals surface area contributed by atoms with Gasteiger partial charge in [0.2, 0.25) is 0 Å². The van der Waals surface area contributed by atoms with E-state index in [1.807, 2.05) is 0 Å². The number of nitro groups is 1. The SMILES string of the molecule is O=[N+]([O-])c1ccc(C(O)(c2ccncc2)C(F)(F)C(F)(F)F)cc1. The number of rotatable bonds is 4. The van der Waals surface area contributed by atoms with Gasteiger partial charge < -0.3 is 5.11 Å². The molecule has 24 heavy (non-hydrogen) atoms. The first-order chi connectivity index (χ1) is 11.0. The van der Waals surface area contributed by atoms with E-state index in [0.717, 1.165) is 36.7 Å². The number of hydrogen-bond acceptors (Lipinski definition) is 4. The van der Waals surface area contributed by atoms with Crippen molar-refractivity contribution in [3.8, 4) is 0 Å². The Hall–Kier alpha value is -2.62. The summed E-state index contributed by atoms with van der Waals surface area (Å²) in [6, 6.07) is 4.38. The summed E-state index contributed by atoms with van der Waals surface area (Å²) in [5, 5.41) is 21.0. The number of nitrogens with zero attached hydrogens (tertiary/aromatic N) is 2. The van der Waals surface area contributed by atoms with E-state index in [9.17, 15) is 37.2 Å². The summed E-state index contributed by atoms with van der Waals surface area (Å²) in [7, 11) is 0. The summed E-state index contributed by atoms with van der Waals surface area (Å²) >= 11 is 0. The van der Waals surface area contributed by atoms with E-state index in [2.05, 4.69) is 4.98 Å². The van der Waals surface area contributed by atoms with Gasteiger partial charge in [0.15, 0.2) is 5.60 Å². The molecule has 2 aromatic rings. The molecule has 5 nitrogen and oxygen atoms in total. The third-order valence-corrected chi connectivity index (χ3v) is 3.40. The zero-order valence-corrected chi connectivity index (χ0v) is 11.7. The maximum absolute atomic E-state index is 14.1. The van der Waals surface area contributed by atoms with Gasteiger partial charge in [0, 0.05) is 24.5 Å². The molecule has 0 saturated carbocycles. The molecule has 0 spiro atoms. The lowest BCUT2D eigenvalue weighted by molar-refractivity contribution is -0.384. The molecule has 0 radical (unpaired) electrons. The first kappa shape index (κ1) is 17.7. The van der Waals surface area contributed by atoms with Crippen molar-refractivity contribution in [1.82, 2.24) is 4.98 Å². The molecule has 0 aliphatic carbocycles. The summed E-state index contributed by atoms with van der Waals surface area (Å²) in [6.45, 7) is 0. The lowest BCUT2D eigenvalue weighted by atomic mass is 9.81. The molecule has 1 heterocycles. The molecule has 1 aromatic carbocycles. The van der Waals surface area contributed by atoms with Crippen molar-refractivity contribution in [2.75, 3.05) is 0 Å². The molecular weight excluding hydrogens is 339 g/mol. The summed E-state index contributed by atoms with van der Waals surface area (Å²) < 4.78 is 66.8. The van der Waals surface area contributed by atoms with E-state index < -0.39 is 39.4 Å². The van der Waals surface area contributed by atoms with Gasteiger partial charge in [-0.05, 0) is 35.4 Å². The number of nitro benzene ring substituents is 1. The maximum atomic E-state index is 14.1. The number of aliphatic hydroxyl groups is 1. The highest BCUT2D eigenvalue weighted by Crippen LogP contribution is 2.51. The Balaban J connectivity index is 2.71. The van der Waals surface area contributed by atoms with E-state index in [-0.39, 0.29) is 0 Å². The van der Waals surface area contributed by atoms with Crippen LogP contribution in [0.3, 0.4) is 0 Å². The Labute approximate surface area is 131 Å². The van der Waals surface area contributed by atoms with Crippen LogP contribution in [0.1, 0.15) is 11.1 Å². The molecule has 1 N–H and O–H groups in total. The van der Waals surface area contributed by atoms with E-state index in [1.165, 1.54) is 0 Å². The highest BCUT2D eigenvalue weighted by molar-refractivity contribution is 5.43. The molecule has 0 fully saturated rings. The van der Waals surface area contributed by atoms with E-state index in [4.69, 9.17) is 0 Å². The number of benzene rings is 1. The molecule has 0 aliphatic heterocycles. The predicted molar refractivity (Wildman–Crippen MR) is 71.3 cm³/mol. The molecule has 0 aliphatic rings. The Bertz CT molecular complexity index is 734. The van der Waals surface area contributed by atoms with Crippen LogP contribution in [-0.4, -0.2) is 27.1 Å². The minimum atomic E-state index is -6.06. The Morgan fingerprint density at radius 3 is 1.79 bits per heavy atom. The van der Waals surface area contributed by atoms with Crippen LogP contribution >= 0.6 is 0 Å². The second-order valence-electron chi connectivity index (χ2n) is 4.82. The average molecular weight is 348 g/mol. The van der Waals surface area contributed by atoms with Gasteiger partial charge in [0.1, 0.15) is 0 Å². The Kier molecular flexibility index (Phi) is 4.27. The van der Waals surface area contributed by atoms with Gasteiger partial charge in [0.25, 0.3) is 5.69 Å². The van der Waals surface area contributed by atoms with Crippen LogP contribution in [-0.2, 0) is 5.60 Å². The van der Waals surface area contributed by atoms with Crippen molar-refractivity contribution >= 4 is 5.69 Å². The van der Waals surface area contributed by atoms with Gasteiger partial charge in [0.05, 0.1) is 4.92 Å². The van der Waals surface area contributed by atoms with Gasteiger partial charge >= 0.3 is 12.1 Å². The lowest BCUT2D eigenvalue weighted by Gasteiger charge is -2.37. The number of alkyl halides is 5. The zero-order valence-electron chi connectivity index (χ0n) is 11.7. The highest BCUT2D eigenvalue weighted by atomic mass is 19.4. The van der Waals surface area contributed by atoms with Crippen molar-refractivity contribution in [2.45, 2.75) is 17.7 Å². The van der Waals surface area contributed by atoms with Crippen LogP contribution in [0.4, 0.5) is 27.6 Å². The van der Waals surface area contributed by atoms with Crippen molar-refractivity contribution in [3.05, 3.63) is 70.0 Å². The summed E-state index contributed by atoms with van der Waals surface area (Å²) in [4.78, 5) is 13.3. The van der Waals surface area contributed by atoms with Crippen LogP contribution in [0.15, 0.2) is 48.8 Å². The summed E-state index contributed by atoms with van der Waals surface area (Å²) in [5.74, 6) is -5.56. The smallest absolute Gasteiger partial charge is 0.374 e. The molecule has 1 unspecified atom stereocenters. The normalized spacial score (nSPS) is 14.9. The Morgan fingerprint density at radius 2 is 1.38 bits per heavy atom. The fraction of sp³-hybridized carbons (Fsp3) is 0.214. The maximum Gasteiger partial charge on any atom is 0.457 e. The van der Waals surface area contributed by atoms with E-state index >= 15 is 0 Å². The van der Waals surface area contributed by atoms with Gasteiger partial charge in [-0.1, -0.05) is 0 Å². The number of pyridine rings is 1. The minimum Gasteiger partial charge on any atom is -0.374 e. The topological polar surface area (TPSA) is 76.3 Å². The quantitative estimate of drug-likeness (QED) is 0.522. The highest BCUT2D eigenvalue weighted by Gasteiger charge is 2.71. The number of aromatic nitrogens is 1. The molecule has 0 amide bonds. The predicted octanol–water partition coefficient (Wildman–Crippen LogP) is 3.42. The largest absolute Gasteiger partial charge is 0.457 e.